The van der Waals surface area contributed by atoms with Gasteiger partial charge in [-0.05, 0) is 37.5 Å². The molecule has 0 unspecified atom stereocenters. The number of hydrogen-bond acceptors (Lipinski definition) is 5. The van der Waals surface area contributed by atoms with Crippen molar-refractivity contribution < 1.29 is 9.18 Å². The molecule has 0 aliphatic carbocycles. The molecular formula is C18H18FN3OS2. The smallest absolute Gasteiger partial charge is 0.269 e. The summed E-state index contributed by atoms with van der Waals surface area (Å²) in [7, 11) is 0. The lowest BCUT2D eigenvalue weighted by atomic mass is 10.1. The molecule has 0 bridgehead atoms. The Labute approximate surface area is 153 Å². The monoisotopic (exact) mass is 375 g/mol. The molecule has 3 aromatic rings. The molecule has 25 heavy (non-hydrogen) atoms. The molecule has 0 atom stereocenters. The lowest BCUT2D eigenvalue weighted by Crippen LogP contribution is -2.11. The zero-order valence-corrected chi connectivity index (χ0v) is 15.6. The summed E-state index contributed by atoms with van der Waals surface area (Å²) in [5.41, 5.74) is 1.76. The zero-order valence-electron chi connectivity index (χ0n) is 14.0. The minimum Gasteiger partial charge on any atom is -0.297 e. The van der Waals surface area contributed by atoms with Gasteiger partial charge in [-0.3, -0.25) is 10.1 Å². The zero-order chi connectivity index (χ0) is 17.8. The van der Waals surface area contributed by atoms with Crippen molar-refractivity contribution in [2.45, 2.75) is 33.1 Å². The number of carbonyl (C=O) groups is 1. The second-order valence-corrected chi connectivity index (χ2v) is 7.86. The summed E-state index contributed by atoms with van der Waals surface area (Å²) in [4.78, 5) is 22.8. The molecule has 0 radical (unpaired) electrons. The third-order valence-corrected chi connectivity index (χ3v) is 5.71. The van der Waals surface area contributed by atoms with E-state index in [0.29, 0.717) is 16.4 Å². The molecule has 0 fully saturated rings. The van der Waals surface area contributed by atoms with Gasteiger partial charge < -0.3 is 0 Å². The number of nitrogens with zero attached hydrogens (tertiary/aromatic N) is 2. The van der Waals surface area contributed by atoms with Gasteiger partial charge in [0.05, 0.1) is 10.7 Å². The quantitative estimate of drug-likeness (QED) is 0.670. The van der Waals surface area contributed by atoms with Crippen LogP contribution in [-0.2, 0) is 12.8 Å². The van der Waals surface area contributed by atoms with Crippen LogP contribution in [0.4, 0.5) is 9.52 Å². The van der Waals surface area contributed by atoms with E-state index in [1.165, 1.54) is 34.8 Å². The summed E-state index contributed by atoms with van der Waals surface area (Å²) in [6, 6.07) is 6.39. The number of halogens is 1. The number of thiazole rings is 2. The highest BCUT2D eigenvalue weighted by atomic mass is 32.1. The molecule has 3 rings (SSSR count). The van der Waals surface area contributed by atoms with Crippen molar-refractivity contribution >= 4 is 33.7 Å². The lowest BCUT2D eigenvalue weighted by molar-refractivity contribution is 0.103. The van der Waals surface area contributed by atoms with Gasteiger partial charge in [-0.1, -0.05) is 19.1 Å². The maximum Gasteiger partial charge on any atom is 0.269 e. The molecule has 1 aromatic carbocycles. The Morgan fingerprint density at radius 2 is 2.00 bits per heavy atom. The number of amides is 1. The SMILES string of the molecule is CCCc1nc(C)c(C(=O)Nc2ncc(Cc3ccc(F)cc3)s2)s1. The van der Waals surface area contributed by atoms with Crippen molar-refractivity contribution in [1.82, 2.24) is 9.97 Å². The van der Waals surface area contributed by atoms with Crippen LogP contribution in [0.1, 0.15) is 44.2 Å². The van der Waals surface area contributed by atoms with Crippen LogP contribution in [0.25, 0.3) is 0 Å². The van der Waals surface area contributed by atoms with Crippen LogP contribution in [0.15, 0.2) is 30.5 Å². The number of hydrogen-bond donors (Lipinski definition) is 1. The second-order valence-electron chi connectivity index (χ2n) is 5.66. The fourth-order valence-corrected chi connectivity index (χ4v) is 4.29. The van der Waals surface area contributed by atoms with Crippen molar-refractivity contribution in [2.75, 3.05) is 5.32 Å². The van der Waals surface area contributed by atoms with Crippen LogP contribution in [0, 0.1) is 12.7 Å². The summed E-state index contributed by atoms with van der Waals surface area (Å²) >= 11 is 2.87. The van der Waals surface area contributed by atoms with Gasteiger partial charge in [-0.15, -0.1) is 22.7 Å². The summed E-state index contributed by atoms with van der Waals surface area (Å²) in [6.45, 7) is 3.95. The van der Waals surface area contributed by atoms with E-state index in [4.69, 9.17) is 0 Å². The summed E-state index contributed by atoms with van der Waals surface area (Å²) in [5.74, 6) is -0.414. The Kier molecular flexibility index (Phi) is 5.55. The number of carbonyl (C=O) groups excluding carboxylic acids is 1. The molecule has 2 aromatic heterocycles. The first-order chi connectivity index (χ1) is 12.0. The highest BCUT2D eigenvalue weighted by Crippen LogP contribution is 2.24. The molecule has 0 saturated carbocycles. The van der Waals surface area contributed by atoms with Crippen LogP contribution in [0.3, 0.4) is 0 Å². The Morgan fingerprint density at radius 1 is 1.24 bits per heavy atom. The number of rotatable bonds is 6. The maximum absolute atomic E-state index is 13.0. The largest absolute Gasteiger partial charge is 0.297 e. The summed E-state index contributed by atoms with van der Waals surface area (Å²) in [6.07, 6.45) is 4.30. The summed E-state index contributed by atoms with van der Waals surface area (Å²) in [5, 5.41) is 4.40. The Balaban J connectivity index is 1.66. The van der Waals surface area contributed by atoms with Gasteiger partial charge >= 0.3 is 0 Å². The van der Waals surface area contributed by atoms with Crippen LogP contribution >= 0.6 is 22.7 Å². The highest BCUT2D eigenvalue weighted by Gasteiger charge is 2.16. The van der Waals surface area contributed by atoms with Crippen LogP contribution in [0.2, 0.25) is 0 Å². The Bertz CT molecular complexity index is 871. The predicted octanol–water partition coefficient (Wildman–Crippen LogP) is 4.84. The lowest BCUT2D eigenvalue weighted by Gasteiger charge is -1.99. The van der Waals surface area contributed by atoms with Gasteiger partial charge in [0.25, 0.3) is 5.91 Å². The fraction of sp³-hybridized carbons (Fsp3) is 0.278. The maximum atomic E-state index is 13.0. The van der Waals surface area contributed by atoms with Crippen molar-refractivity contribution in [3.8, 4) is 0 Å². The molecule has 0 saturated heterocycles. The highest BCUT2D eigenvalue weighted by molar-refractivity contribution is 7.16. The molecule has 0 aliphatic rings. The number of aromatic nitrogens is 2. The van der Waals surface area contributed by atoms with Gasteiger partial charge in [0.2, 0.25) is 0 Å². The molecular weight excluding hydrogens is 357 g/mol. The first kappa shape index (κ1) is 17.7. The van der Waals surface area contributed by atoms with E-state index in [1.54, 1.807) is 18.3 Å². The van der Waals surface area contributed by atoms with Gasteiger partial charge in [0.1, 0.15) is 10.7 Å². The van der Waals surface area contributed by atoms with Crippen molar-refractivity contribution in [2.24, 2.45) is 0 Å². The molecule has 1 amide bonds. The number of nitrogens with one attached hydrogen (secondary N) is 1. The third-order valence-electron chi connectivity index (χ3n) is 3.58. The van der Waals surface area contributed by atoms with Gasteiger partial charge in [-0.25, -0.2) is 14.4 Å². The first-order valence-electron chi connectivity index (χ1n) is 8.02. The fourth-order valence-electron chi connectivity index (χ4n) is 2.39. The van der Waals surface area contributed by atoms with Crippen LogP contribution in [0.5, 0.6) is 0 Å². The molecule has 2 heterocycles. The van der Waals surface area contributed by atoms with Gasteiger partial charge in [-0.2, -0.15) is 0 Å². The second kappa shape index (κ2) is 7.84. The standard InChI is InChI=1S/C18H18FN3OS2/c1-3-4-15-21-11(2)16(25-15)17(23)22-18-20-10-14(24-18)9-12-5-7-13(19)8-6-12/h5-8,10H,3-4,9H2,1-2H3,(H,20,22,23). The molecule has 1 N–H and O–H groups in total. The van der Waals surface area contributed by atoms with E-state index >= 15 is 0 Å². The van der Waals surface area contributed by atoms with E-state index in [1.807, 2.05) is 6.92 Å². The Morgan fingerprint density at radius 3 is 2.72 bits per heavy atom. The van der Waals surface area contributed by atoms with E-state index in [2.05, 4.69) is 22.2 Å². The topological polar surface area (TPSA) is 54.9 Å². The van der Waals surface area contributed by atoms with E-state index in [0.717, 1.165) is 34.0 Å². The van der Waals surface area contributed by atoms with E-state index < -0.39 is 0 Å². The minimum atomic E-state index is -0.247. The van der Waals surface area contributed by atoms with Gasteiger partial charge in [0.15, 0.2) is 5.13 Å². The number of aryl methyl sites for hydroxylation is 2. The van der Waals surface area contributed by atoms with Crippen molar-refractivity contribution in [3.05, 3.63) is 62.3 Å². The van der Waals surface area contributed by atoms with E-state index in [9.17, 15) is 9.18 Å². The number of benzene rings is 1. The molecule has 0 spiro atoms. The van der Waals surface area contributed by atoms with Crippen LogP contribution in [-0.4, -0.2) is 15.9 Å². The minimum absolute atomic E-state index is 0.167. The molecule has 7 heteroatoms. The third kappa shape index (κ3) is 4.49. The van der Waals surface area contributed by atoms with Gasteiger partial charge in [0, 0.05) is 17.5 Å². The summed E-state index contributed by atoms with van der Waals surface area (Å²) < 4.78 is 13.0. The molecule has 0 aliphatic heterocycles. The average molecular weight is 375 g/mol. The number of anilines is 1. The van der Waals surface area contributed by atoms with Crippen molar-refractivity contribution in [3.63, 3.8) is 0 Å². The predicted molar refractivity (Wildman–Crippen MR) is 100 cm³/mol. The molecule has 4 nitrogen and oxygen atoms in total. The van der Waals surface area contributed by atoms with Crippen molar-refractivity contribution in [1.29, 1.82) is 0 Å². The molecule has 130 valence electrons. The average Bonchev–Trinajstić information content (AvgIpc) is 3.16. The Hall–Kier alpha value is -2.12. The van der Waals surface area contributed by atoms with E-state index in [-0.39, 0.29) is 11.7 Å². The first-order valence-corrected chi connectivity index (χ1v) is 9.65. The normalized spacial score (nSPS) is 10.8. The van der Waals surface area contributed by atoms with Crippen LogP contribution < -0.4 is 5.32 Å².